The molecule has 0 nitrogen and oxygen atoms in total. The van der Waals surface area contributed by atoms with Gasteiger partial charge in [-0.05, 0) is 23.8 Å². The molecule has 0 aliphatic rings. The van der Waals surface area contributed by atoms with E-state index in [2.05, 4.69) is 79.5 Å². The van der Waals surface area contributed by atoms with E-state index in [1.807, 2.05) is 12.1 Å². The molecule has 100 valence electrons. The molecule has 0 aromatic heterocycles. The summed E-state index contributed by atoms with van der Waals surface area (Å²) in [5.41, 5.74) is 2.46. The standard InChI is InChI=1S/C19H17BP/c1-21(20,17-12-6-3-7-13-17)19-15-9-8-14-18(19)16-10-4-2-5-11-16/h2-15H,1H3/q+1. The van der Waals surface area contributed by atoms with Crippen LogP contribution in [0.2, 0.25) is 0 Å². The van der Waals surface area contributed by atoms with Crippen LogP contribution in [0.3, 0.4) is 0 Å². The van der Waals surface area contributed by atoms with Crippen molar-refractivity contribution in [3.05, 3.63) is 84.9 Å². The Hall–Kier alpha value is -1.85. The van der Waals surface area contributed by atoms with Gasteiger partial charge in [0.15, 0.2) is 0 Å². The minimum absolute atomic E-state index is 1.22. The summed E-state index contributed by atoms with van der Waals surface area (Å²) in [6.45, 7) is 2.18. The Kier molecular flexibility index (Phi) is 3.95. The van der Waals surface area contributed by atoms with Crippen LogP contribution in [0.5, 0.6) is 0 Å². The third kappa shape index (κ3) is 2.80. The number of benzene rings is 3. The lowest BCUT2D eigenvalue weighted by molar-refractivity contribution is 1.64. The van der Waals surface area contributed by atoms with Crippen LogP contribution in [0, 0.1) is 0 Å². The molecule has 0 fully saturated rings. The van der Waals surface area contributed by atoms with E-state index in [0.29, 0.717) is 0 Å². The molecule has 0 heterocycles. The van der Waals surface area contributed by atoms with Crippen LogP contribution in [0.15, 0.2) is 84.9 Å². The van der Waals surface area contributed by atoms with Gasteiger partial charge >= 0.3 is 7.57 Å². The van der Waals surface area contributed by atoms with E-state index < -0.39 is 7.14 Å². The van der Waals surface area contributed by atoms with Gasteiger partial charge < -0.3 is 0 Å². The molecule has 0 bridgehead atoms. The smallest absolute Gasteiger partial charge is 0.0622 e. The minimum Gasteiger partial charge on any atom is -0.0622 e. The highest BCUT2D eigenvalue weighted by atomic mass is 31.2. The van der Waals surface area contributed by atoms with Gasteiger partial charge in [-0.25, -0.2) is 0 Å². The fourth-order valence-corrected chi connectivity index (χ4v) is 4.79. The summed E-state index contributed by atoms with van der Waals surface area (Å²) in [6.07, 6.45) is 0. The van der Waals surface area contributed by atoms with Gasteiger partial charge in [0.1, 0.15) is 0 Å². The van der Waals surface area contributed by atoms with E-state index >= 15 is 0 Å². The van der Waals surface area contributed by atoms with Crippen LogP contribution in [0.4, 0.5) is 0 Å². The predicted molar refractivity (Wildman–Crippen MR) is 96.2 cm³/mol. The second-order valence-corrected chi connectivity index (χ2v) is 8.44. The topological polar surface area (TPSA) is 0 Å². The van der Waals surface area contributed by atoms with Crippen molar-refractivity contribution in [1.82, 2.24) is 0 Å². The van der Waals surface area contributed by atoms with Gasteiger partial charge in [0, 0.05) is 19.4 Å². The molecular formula is C19H17BP+. The van der Waals surface area contributed by atoms with E-state index in [4.69, 9.17) is 7.57 Å². The SMILES string of the molecule is [B][P+](C)(c1ccccc1)c1ccccc1-c1ccccc1. The molecule has 0 saturated heterocycles. The third-order valence-electron chi connectivity index (χ3n) is 3.78. The first-order chi connectivity index (χ1) is 10.2. The molecule has 0 N–H and O–H groups in total. The lowest BCUT2D eigenvalue weighted by atomic mass is 10.1. The van der Waals surface area contributed by atoms with Gasteiger partial charge in [0.25, 0.3) is 0 Å². The Bertz CT molecular complexity index is 721. The van der Waals surface area contributed by atoms with Gasteiger partial charge in [-0.15, -0.1) is 0 Å². The van der Waals surface area contributed by atoms with Gasteiger partial charge in [0.05, 0.1) is 10.6 Å². The molecule has 3 aromatic carbocycles. The van der Waals surface area contributed by atoms with Crippen molar-refractivity contribution in [3.8, 4) is 11.1 Å². The van der Waals surface area contributed by atoms with Crippen molar-refractivity contribution in [2.24, 2.45) is 0 Å². The van der Waals surface area contributed by atoms with Crippen LogP contribution in [0.1, 0.15) is 0 Å². The average Bonchev–Trinajstić information content (AvgIpc) is 2.56. The largest absolute Gasteiger partial charge is 0.377 e. The first-order valence-corrected chi connectivity index (χ1v) is 9.36. The molecule has 1 atom stereocenters. The Morgan fingerprint density at radius 2 is 1.19 bits per heavy atom. The fraction of sp³-hybridized carbons (Fsp3) is 0.0526. The molecule has 1 unspecified atom stereocenters. The van der Waals surface area contributed by atoms with E-state index in [1.165, 1.54) is 21.7 Å². The monoisotopic (exact) mass is 287 g/mol. The molecule has 0 aliphatic carbocycles. The quantitative estimate of drug-likeness (QED) is 0.504. The minimum atomic E-state index is -1.85. The maximum Gasteiger partial charge on any atom is 0.377 e. The second kappa shape index (κ2) is 5.88. The van der Waals surface area contributed by atoms with Gasteiger partial charge in [0.2, 0.25) is 0 Å². The zero-order valence-electron chi connectivity index (χ0n) is 12.1. The summed E-state index contributed by atoms with van der Waals surface area (Å²) in [6, 6.07) is 29.4. The number of hydrogen-bond donors (Lipinski definition) is 0. The van der Waals surface area contributed by atoms with Crippen molar-refractivity contribution in [1.29, 1.82) is 0 Å². The molecule has 2 radical (unpaired) electrons. The lowest BCUT2D eigenvalue weighted by Gasteiger charge is -2.21. The lowest BCUT2D eigenvalue weighted by Crippen LogP contribution is -2.22. The fourth-order valence-electron chi connectivity index (χ4n) is 2.62. The van der Waals surface area contributed by atoms with Gasteiger partial charge in [-0.1, -0.05) is 66.7 Å². The van der Waals surface area contributed by atoms with E-state index in [1.54, 1.807) is 0 Å². The molecule has 3 aromatic rings. The third-order valence-corrected chi connectivity index (χ3v) is 6.54. The van der Waals surface area contributed by atoms with E-state index in [0.717, 1.165) is 0 Å². The highest BCUT2D eigenvalue weighted by molar-refractivity contribution is 8.08. The predicted octanol–water partition coefficient (Wildman–Crippen LogP) is 4.04. The first-order valence-electron chi connectivity index (χ1n) is 7.05. The van der Waals surface area contributed by atoms with Crippen molar-refractivity contribution >= 4 is 25.3 Å². The number of hydrogen-bond acceptors (Lipinski definition) is 0. The highest BCUT2D eigenvalue weighted by Crippen LogP contribution is 2.49. The van der Waals surface area contributed by atoms with Crippen LogP contribution in [-0.2, 0) is 0 Å². The van der Waals surface area contributed by atoms with Crippen LogP contribution >= 0.6 is 7.14 Å². The summed E-state index contributed by atoms with van der Waals surface area (Å²) in [5.74, 6) is 0. The van der Waals surface area contributed by atoms with Crippen LogP contribution in [0.25, 0.3) is 11.1 Å². The summed E-state index contributed by atoms with van der Waals surface area (Å²) >= 11 is 0. The van der Waals surface area contributed by atoms with E-state index in [9.17, 15) is 0 Å². The molecule has 3 rings (SSSR count). The summed E-state index contributed by atoms with van der Waals surface area (Å²) < 4.78 is 0. The molecule has 2 heteroatoms. The molecular weight excluding hydrogens is 270 g/mol. The summed E-state index contributed by atoms with van der Waals surface area (Å²) in [4.78, 5) is 0. The van der Waals surface area contributed by atoms with Crippen molar-refractivity contribution in [2.75, 3.05) is 6.66 Å². The maximum atomic E-state index is 6.81. The zero-order chi connectivity index (χ0) is 14.7. The molecule has 0 amide bonds. The summed E-state index contributed by atoms with van der Waals surface area (Å²) in [7, 11) is 4.96. The van der Waals surface area contributed by atoms with E-state index in [-0.39, 0.29) is 0 Å². The number of rotatable bonds is 3. The van der Waals surface area contributed by atoms with Gasteiger partial charge in [-0.3, -0.25) is 0 Å². The van der Waals surface area contributed by atoms with Crippen molar-refractivity contribution in [3.63, 3.8) is 0 Å². The molecule has 0 saturated carbocycles. The maximum absolute atomic E-state index is 6.81. The van der Waals surface area contributed by atoms with Crippen LogP contribution in [-0.4, -0.2) is 14.2 Å². The normalized spacial score (nSPS) is 13.6. The zero-order valence-corrected chi connectivity index (χ0v) is 13.0. The molecule has 21 heavy (non-hydrogen) atoms. The Morgan fingerprint density at radius 3 is 1.86 bits per heavy atom. The summed E-state index contributed by atoms with van der Waals surface area (Å²) in [5, 5.41) is 2.48. The highest BCUT2D eigenvalue weighted by Gasteiger charge is 2.33. The Balaban J connectivity index is 2.16. The molecule has 0 aliphatic heterocycles. The van der Waals surface area contributed by atoms with Crippen LogP contribution < -0.4 is 10.6 Å². The molecule has 0 spiro atoms. The van der Waals surface area contributed by atoms with Gasteiger partial charge in [-0.2, -0.15) is 0 Å². The van der Waals surface area contributed by atoms with Crippen molar-refractivity contribution in [2.45, 2.75) is 0 Å². The Labute approximate surface area is 128 Å². The average molecular weight is 287 g/mol. The first kappa shape index (κ1) is 14.1. The Morgan fingerprint density at radius 1 is 0.667 bits per heavy atom. The van der Waals surface area contributed by atoms with Crippen molar-refractivity contribution < 1.29 is 0 Å². The second-order valence-electron chi connectivity index (χ2n) is 5.29.